The maximum Gasteiger partial charge on any atom is 0.495 e. The molecule has 4 heteroatoms. The molecular formula is C24H23BO2S. The first kappa shape index (κ1) is 9.58. The Morgan fingerprint density at radius 2 is 1.43 bits per heavy atom. The van der Waals surface area contributed by atoms with Crippen LogP contribution in [0.3, 0.4) is 0 Å². The van der Waals surface area contributed by atoms with E-state index in [1.807, 2.05) is 0 Å². The van der Waals surface area contributed by atoms with Gasteiger partial charge in [-0.15, -0.1) is 11.3 Å². The fourth-order valence-corrected chi connectivity index (χ4v) is 4.00. The number of hydrogen-bond acceptors (Lipinski definition) is 3. The van der Waals surface area contributed by atoms with Crippen molar-refractivity contribution in [3.05, 3.63) is 66.5 Å². The summed E-state index contributed by atoms with van der Waals surface area (Å²) in [7, 11) is -1.27. The van der Waals surface area contributed by atoms with Gasteiger partial charge in [-0.25, -0.2) is 0 Å². The maximum absolute atomic E-state index is 9.14. The molecule has 0 radical (unpaired) electrons. The second-order valence-corrected chi connectivity index (χ2v) is 8.66. The first-order valence-electron chi connectivity index (χ1n) is 14.3. The Kier molecular flexibility index (Phi) is 2.11. The molecule has 0 saturated carbocycles. The Hall–Kier alpha value is -2.14. The lowest BCUT2D eigenvalue weighted by Crippen LogP contribution is -2.41. The maximum atomic E-state index is 9.14. The SMILES string of the molecule is [2H]c1c([2H])c([2H])c(-c2c([2H])c([2H])c3sc4c([2H])c([2H])c([2H])c([2H])c4c3c2[2H])c(B2OC(C)(C)C(C)(C)O2)c1[2H]. The molecule has 1 aliphatic rings. The lowest BCUT2D eigenvalue weighted by Gasteiger charge is -2.32. The number of hydrogen-bond donors (Lipinski definition) is 0. The van der Waals surface area contributed by atoms with E-state index in [0.29, 0.717) is 0 Å². The average molecular weight is 397 g/mol. The number of rotatable bonds is 2. The molecule has 1 aliphatic heterocycles. The molecule has 5 rings (SSSR count). The predicted molar refractivity (Wildman–Crippen MR) is 120 cm³/mol. The lowest BCUT2D eigenvalue weighted by atomic mass is 9.74. The monoisotopic (exact) mass is 397 g/mol. The third-order valence-corrected chi connectivity index (χ3v) is 6.36. The molecular weight excluding hydrogens is 363 g/mol. The minimum atomic E-state index is -1.27. The van der Waals surface area contributed by atoms with Gasteiger partial charge in [-0.1, -0.05) is 48.3 Å². The molecule has 1 aromatic heterocycles. The summed E-state index contributed by atoms with van der Waals surface area (Å²) in [6.07, 6.45) is 0. The first-order valence-corrected chi connectivity index (χ1v) is 9.64. The summed E-state index contributed by atoms with van der Waals surface area (Å²) >= 11 is 0.887. The summed E-state index contributed by atoms with van der Waals surface area (Å²) in [6.45, 7) is 7.12. The predicted octanol–water partition coefficient (Wildman–Crippen LogP) is 6.02. The van der Waals surface area contributed by atoms with E-state index in [2.05, 4.69) is 0 Å². The van der Waals surface area contributed by atoms with Crippen molar-refractivity contribution in [1.82, 2.24) is 0 Å². The highest BCUT2D eigenvalue weighted by atomic mass is 32.1. The van der Waals surface area contributed by atoms with Crippen LogP contribution >= 0.6 is 11.3 Å². The van der Waals surface area contributed by atoms with Gasteiger partial charge < -0.3 is 9.31 Å². The summed E-state index contributed by atoms with van der Waals surface area (Å²) in [4.78, 5) is 0. The molecule has 1 fully saturated rings. The topological polar surface area (TPSA) is 18.5 Å². The van der Waals surface area contributed by atoms with Crippen LogP contribution in [0.5, 0.6) is 0 Å². The summed E-state index contributed by atoms with van der Waals surface area (Å²) < 4.78 is 106. The van der Waals surface area contributed by atoms with Gasteiger partial charge in [0.1, 0.15) is 0 Å². The smallest absolute Gasteiger partial charge is 0.399 e. The molecule has 2 nitrogen and oxygen atoms in total. The van der Waals surface area contributed by atoms with Gasteiger partial charge >= 0.3 is 7.12 Å². The summed E-state index contributed by atoms with van der Waals surface area (Å²) in [6, 6.07) is -5.04. The van der Waals surface area contributed by atoms with Crippen LogP contribution in [0.15, 0.2) is 66.5 Å². The van der Waals surface area contributed by atoms with E-state index < -0.39 is 66.7 Å². The summed E-state index contributed by atoms with van der Waals surface area (Å²) in [5.74, 6) is 0. The quantitative estimate of drug-likeness (QED) is 0.385. The molecule has 0 spiro atoms. The van der Waals surface area contributed by atoms with Crippen LogP contribution in [0, 0.1) is 0 Å². The minimum Gasteiger partial charge on any atom is -0.399 e. The van der Waals surface area contributed by atoms with Crippen molar-refractivity contribution in [1.29, 1.82) is 0 Å². The van der Waals surface area contributed by atoms with E-state index in [9.17, 15) is 0 Å². The van der Waals surface area contributed by atoms with E-state index >= 15 is 0 Å². The van der Waals surface area contributed by atoms with E-state index in [-0.39, 0.29) is 54.9 Å². The molecule has 0 atom stereocenters. The van der Waals surface area contributed by atoms with E-state index in [0.717, 1.165) is 11.3 Å². The van der Waals surface area contributed by atoms with Crippen LogP contribution < -0.4 is 5.46 Å². The molecule has 28 heavy (non-hydrogen) atoms. The second-order valence-electron chi connectivity index (χ2n) is 7.64. The largest absolute Gasteiger partial charge is 0.495 e. The standard InChI is InChI=1S/C24H23BO2S/c1-23(2)24(3,4)27-25(26-23)20-11-7-5-9-17(20)16-13-14-22-19(15-16)18-10-6-8-12-21(18)28-22/h5-15H,1-4H3/i5D,6D,7D,8D,9D,10D,11D,12D,13D,14D,15D. The van der Waals surface area contributed by atoms with E-state index in [1.54, 1.807) is 27.7 Å². The number of fused-ring (bicyclic) bond motifs is 3. The number of benzene rings is 3. The zero-order valence-electron chi connectivity index (χ0n) is 26.8. The van der Waals surface area contributed by atoms with Crippen molar-refractivity contribution in [3.63, 3.8) is 0 Å². The molecule has 1 saturated heterocycles. The van der Waals surface area contributed by atoms with Gasteiger partial charge in [-0.3, -0.25) is 0 Å². The molecule has 0 amide bonds. The Bertz CT molecular complexity index is 1730. The fraction of sp³-hybridized carbons (Fsp3) is 0.250. The van der Waals surface area contributed by atoms with Crippen molar-refractivity contribution >= 4 is 44.1 Å². The zero-order chi connectivity index (χ0) is 29.1. The molecule has 3 aromatic carbocycles. The van der Waals surface area contributed by atoms with Crippen molar-refractivity contribution < 1.29 is 24.4 Å². The van der Waals surface area contributed by atoms with Gasteiger partial charge in [0.2, 0.25) is 0 Å². The number of thiophene rings is 1. The van der Waals surface area contributed by atoms with Gasteiger partial charge in [-0.05, 0) is 62.4 Å². The Labute approximate surface area is 185 Å². The molecule has 2 heterocycles. The van der Waals surface area contributed by atoms with Crippen LogP contribution in [0.25, 0.3) is 31.3 Å². The Balaban J connectivity index is 1.96. The van der Waals surface area contributed by atoms with Crippen molar-refractivity contribution in [3.8, 4) is 11.1 Å². The highest BCUT2D eigenvalue weighted by Gasteiger charge is 2.52. The molecule has 4 aromatic rings. The molecule has 0 aliphatic carbocycles. The van der Waals surface area contributed by atoms with E-state index in [1.165, 1.54) is 0 Å². The van der Waals surface area contributed by atoms with E-state index in [4.69, 9.17) is 24.4 Å². The van der Waals surface area contributed by atoms with Gasteiger partial charge in [0.25, 0.3) is 0 Å². The van der Waals surface area contributed by atoms with Crippen LogP contribution in [0.1, 0.15) is 42.8 Å². The molecule has 140 valence electrons. The van der Waals surface area contributed by atoms with Gasteiger partial charge in [0, 0.05) is 20.2 Å². The normalized spacial score (nSPS) is 23.7. The third-order valence-electron chi connectivity index (χ3n) is 5.34. The molecule has 0 bridgehead atoms. The average Bonchev–Trinajstić information content (AvgIpc) is 3.36. The van der Waals surface area contributed by atoms with Crippen molar-refractivity contribution in [2.75, 3.05) is 0 Å². The molecule has 0 N–H and O–H groups in total. The van der Waals surface area contributed by atoms with Crippen LogP contribution in [-0.2, 0) is 9.31 Å². The highest BCUT2D eigenvalue weighted by molar-refractivity contribution is 7.25. The zero-order valence-corrected chi connectivity index (χ0v) is 16.6. The van der Waals surface area contributed by atoms with Crippen molar-refractivity contribution in [2.45, 2.75) is 38.9 Å². The fourth-order valence-electron chi connectivity index (χ4n) is 3.09. The lowest BCUT2D eigenvalue weighted by molar-refractivity contribution is 0.00578. The second kappa shape index (κ2) is 6.18. The Morgan fingerprint density at radius 3 is 2.21 bits per heavy atom. The van der Waals surface area contributed by atoms with Crippen molar-refractivity contribution in [2.24, 2.45) is 0 Å². The van der Waals surface area contributed by atoms with Gasteiger partial charge in [0.05, 0.1) is 26.3 Å². The van der Waals surface area contributed by atoms with Crippen LogP contribution in [0.2, 0.25) is 0 Å². The Morgan fingerprint density at radius 1 is 0.786 bits per heavy atom. The highest BCUT2D eigenvalue weighted by Crippen LogP contribution is 2.39. The minimum absolute atomic E-state index is 0.0188. The summed E-state index contributed by atoms with van der Waals surface area (Å²) in [5, 5.41) is 0.0454. The molecule has 0 unspecified atom stereocenters. The van der Waals surface area contributed by atoms with Crippen LogP contribution in [-0.4, -0.2) is 18.3 Å². The van der Waals surface area contributed by atoms with Gasteiger partial charge in [0.15, 0.2) is 0 Å². The third kappa shape index (κ3) is 2.71. The first-order chi connectivity index (χ1) is 17.9. The van der Waals surface area contributed by atoms with Crippen LogP contribution in [0.4, 0.5) is 0 Å². The van der Waals surface area contributed by atoms with Gasteiger partial charge in [-0.2, -0.15) is 0 Å². The summed E-state index contributed by atoms with van der Waals surface area (Å²) in [5.41, 5.74) is -2.32.